The SMILES string of the molecule is CCCCCNC(=O)N(C)C(CC)CC. The topological polar surface area (TPSA) is 32.3 Å². The lowest BCUT2D eigenvalue weighted by molar-refractivity contribution is 0.186. The quantitative estimate of drug-likeness (QED) is 0.649. The van der Waals surface area contributed by atoms with Crippen LogP contribution in [0.1, 0.15) is 52.9 Å². The normalized spacial score (nSPS) is 10.5. The maximum Gasteiger partial charge on any atom is 0.317 e. The summed E-state index contributed by atoms with van der Waals surface area (Å²) in [6.45, 7) is 7.21. The Morgan fingerprint density at radius 2 is 1.80 bits per heavy atom. The molecule has 0 saturated carbocycles. The molecule has 15 heavy (non-hydrogen) atoms. The van der Waals surface area contributed by atoms with Crippen molar-refractivity contribution < 1.29 is 4.79 Å². The fourth-order valence-corrected chi connectivity index (χ4v) is 1.70. The van der Waals surface area contributed by atoms with Crippen molar-refractivity contribution in [2.75, 3.05) is 13.6 Å². The fraction of sp³-hybridized carbons (Fsp3) is 0.917. The molecule has 0 aliphatic heterocycles. The van der Waals surface area contributed by atoms with Crippen molar-refractivity contribution in [2.24, 2.45) is 0 Å². The molecule has 0 atom stereocenters. The Balaban J connectivity index is 3.77. The standard InChI is InChI=1S/C12H26N2O/c1-5-8-9-10-13-12(15)14(4)11(6-2)7-3/h11H,5-10H2,1-4H3,(H,13,15). The van der Waals surface area contributed by atoms with E-state index in [0.29, 0.717) is 6.04 Å². The van der Waals surface area contributed by atoms with Crippen LogP contribution in [0.2, 0.25) is 0 Å². The van der Waals surface area contributed by atoms with Crippen molar-refractivity contribution in [3.8, 4) is 0 Å². The fourth-order valence-electron chi connectivity index (χ4n) is 1.70. The van der Waals surface area contributed by atoms with Gasteiger partial charge in [-0.3, -0.25) is 0 Å². The number of nitrogens with one attached hydrogen (secondary N) is 1. The van der Waals surface area contributed by atoms with Gasteiger partial charge in [0, 0.05) is 19.6 Å². The Labute approximate surface area is 94.2 Å². The van der Waals surface area contributed by atoms with Gasteiger partial charge in [-0.05, 0) is 19.3 Å². The Bertz CT molecular complexity index is 167. The predicted octanol–water partition coefficient (Wildman–Crippen LogP) is 3.01. The van der Waals surface area contributed by atoms with Crippen molar-refractivity contribution >= 4 is 6.03 Å². The molecule has 0 aromatic rings. The van der Waals surface area contributed by atoms with Crippen molar-refractivity contribution in [1.82, 2.24) is 10.2 Å². The molecule has 3 nitrogen and oxygen atoms in total. The van der Waals surface area contributed by atoms with E-state index in [1.807, 2.05) is 11.9 Å². The molecule has 0 rings (SSSR count). The zero-order valence-corrected chi connectivity index (χ0v) is 10.7. The Hall–Kier alpha value is -0.730. The molecule has 0 spiro atoms. The number of carbonyl (C=O) groups is 1. The van der Waals surface area contributed by atoms with Crippen LogP contribution < -0.4 is 5.32 Å². The van der Waals surface area contributed by atoms with Gasteiger partial charge in [-0.15, -0.1) is 0 Å². The maximum atomic E-state index is 11.7. The molecule has 0 radical (unpaired) electrons. The van der Waals surface area contributed by atoms with Crippen molar-refractivity contribution in [3.63, 3.8) is 0 Å². The maximum absolute atomic E-state index is 11.7. The first-order valence-electron chi connectivity index (χ1n) is 6.17. The highest BCUT2D eigenvalue weighted by molar-refractivity contribution is 5.74. The van der Waals surface area contributed by atoms with Gasteiger partial charge in [0.05, 0.1) is 0 Å². The summed E-state index contributed by atoms with van der Waals surface area (Å²) in [5.41, 5.74) is 0. The highest BCUT2D eigenvalue weighted by atomic mass is 16.2. The van der Waals surface area contributed by atoms with E-state index >= 15 is 0 Å². The first-order chi connectivity index (χ1) is 7.17. The molecule has 0 aromatic carbocycles. The van der Waals surface area contributed by atoms with E-state index in [0.717, 1.165) is 25.8 Å². The molecular weight excluding hydrogens is 188 g/mol. The zero-order chi connectivity index (χ0) is 11.7. The molecular formula is C12H26N2O. The van der Waals surface area contributed by atoms with Crippen LogP contribution in [0, 0.1) is 0 Å². The number of hydrogen-bond acceptors (Lipinski definition) is 1. The number of urea groups is 1. The van der Waals surface area contributed by atoms with Gasteiger partial charge in [0.15, 0.2) is 0 Å². The molecule has 0 heterocycles. The van der Waals surface area contributed by atoms with Crippen molar-refractivity contribution in [1.29, 1.82) is 0 Å². The third kappa shape index (κ3) is 5.65. The minimum atomic E-state index is 0.0693. The summed E-state index contributed by atoms with van der Waals surface area (Å²) in [6, 6.07) is 0.441. The summed E-state index contributed by atoms with van der Waals surface area (Å²) in [6.07, 6.45) is 5.51. The van der Waals surface area contributed by atoms with E-state index in [1.165, 1.54) is 12.8 Å². The molecule has 0 saturated heterocycles. The van der Waals surface area contributed by atoms with E-state index in [2.05, 4.69) is 26.1 Å². The van der Waals surface area contributed by atoms with Crippen LogP contribution >= 0.6 is 0 Å². The first-order valence-corrected chi connectivity index (χ1v) is 6.17. The Morgan fingerprint density at radius 3 is 2.27 bits per heavy atom. The van der Waals surface area contributed by atoms with Gasteiger partial charge >= 0.3 is 6.03 Å². The molecule has 0 bridgehead atoms. The minimum absolute atomic E-state index is 0.0693. The molecule has 0 unspecified atom stereocenters. The summed E-state index contributed by atoms with van der Waals surface area (Å²) in [4.78, 5) is 13.5. The second kappa shape index (κ2) is 8.57. The average molecular weight is 214 g/mol. The van der Waals surface area contributed by atoms with Crippen molar-refractivity contribution in [2.45, 2.75) is 58.9 Å². The largest absolute Gasteiger partial charge is 0.338 e. The number of amides is 2. The summed E-state index contributed by atoms with van der Waals surface area (Å²) >= 11 is 0. The second-order valence-electron chi connectivity index (χ2n) is 4.02. The van der Waals surface area contributed by atoms with E-state index in [-0.39, 0.29) is 6.03 Å². The Morgan fingerprint density at radius 1 is 1.20 bits per heavy atom. The van der Waals surface area contributed by atoms with E-state index in [9.17, 15) is 4.79 Å². The van der Waals surface area contributed by atoms with Gasteiger partial charge in [0.25, 0.3) is 0 Å². The van der Waals surface area contributed by atoms with Gasteiger partial charge in [0.1, 0.15) is 0 Å². The highest BCUT2D eigenvalue weighted by Gasteiger charge is 2.15. The van der Waals surface area contributed by atoms with Gasteiger partial charge < -0.3 is 10.2 Å². The number of nitrogens with zero attached hydrogens (tertiary/aromatic N) is 1. The zero-order valence-electron chi connectivity index (χ0n) is 10.7. The third-order valence-electron chi connectivity index (χ3n) is 2.87. The number of rotatable bonds is 7. The molecule has 90 valence electrons. The summed E-state index contributed by atoms with van der Waals surface area (Å²) in [7, 11) is 1.88. The lowest BCUT2D eigenvalue weighted by Crippen LogP contribution is -2.43. The van der Waals surface area contributed by atoms with E-state index in [1.54, 1.807) is 0 Å². The van der Waals surface area contributed by atoms with Gasteiger partial charge in [-0.2, -0.15) is 0 Å². The first kappa shape index (κ1) is 14.3. The third-order valence-corrected chi connectivity index (χ3v) is 2.87. The molecule has 3 heteroatoms. The van der Waals surface area contributed by atoms with E-state index < -0.39 is 0 Å². The summed E-state index contributed by atoms with van der Waals surface area (Å²) in [5.74, 6) is 0. The predicted molar refractivity (Wildman–Crippen MR) is 65.1 cm³/mol. The summed E-state index contributed by atoms with van der Waals surface area (Å²) in [5, 5.41) is 2.95. The second-order valence-corrected chi connectivity index (χ2v) is 4.02. The Kier molecular flexibility index (Phi) is 8.15. The van der Waals surface area contributed by atoms with Gasteiger partial charge in [0.2, 0.25) is 0 Å². The molecule has 0 aliphatic rings. The molecule has 1 N–H and O–H groups in total. The molecule has 0 aliphatic carbocycles. The molecule has 0 fully saturated rings. The number of hydrogen-bond donors (Lipinski definition) is 1. The highest BCUT2D eigenvalue weighted by Crippen LogP contribution is 2.05. The van der Waals surface area contributed by atoms with Gasteiger partial charge in [-0.25, -0.2) is 4.79 Å². The molecule has 0 aromatic heterocycles. The van der Waals surface area contributed by atoms with E-state index in [4.69, 9.17) is 0 Å². The van der Waals surface area contributed by atoms with Crippen LogP contribution in [-0.4, -0.2) is 30.6 Å². The lowest BCUT2D eigenvalue weighted by atomic mass is 10.1. The lowest BCUT2D eigenvalue weighted by Gasteiger charge is -2.26. The van der Waals surface area contributed by atoms with Crippen LogP contribution in [0.4, 0.5) is 4.79 Å². The van der Waals surface area contributed by atoms with Crippen molar-refractivity contribution in [3.05, 3.63) is 0 Å². The number of carbonyl (C=O) groups excluding carboxylic acids is 1. The summed E-state index contributed by atoms with van der Waals surface area (Å²) < 4.78 is 0. The average Bonchev–Trinajstić information content (AvgIpc) is 2.25. The van der Waals surface area contributed by atoms with Gasteiger partial charge in [-0.1, -0.05) is 33.6 Å². The monoisotopic (exact) mass is 214 g/mol. The van der Waals surface area contributed by atoms with Crippen LogP contribution in [0.15, 0.2) is 0 Å². The van der Waals surface area contributed by atoms with Crippen LogP contribution in [0.5, 0.6) is 0 Å². The smallest absolute Gasteiger partial charge is 0.317 e. The molecule has 2 amide bonds. The van der Waals surface area contributed by atoms with Crippen LogP contribution in [0.25, 0.3) is 0 Å². The number of unbranched alkanes of at least 4 members (excludes halogenated alkanes) is 2. The minimum Gasteiger partial charge on any atom is -0.338 e. The van der Waals surface area contributed by atoms with Crippen LogP contribution in [-0.2, 0) is 0 Å². The van der Waals surface area contributed by atoms with Crippen LogP contribution in [0.3, 0.4) is 0 Å².